The molecule has 2 rings (SSSR count). The first-order chi connectivity index (χ1) is 9.07. The van der Waals surface area contributed by atoms with Gasteiger partial charge in [0, 0.05) is 42.1 Å². The molecule has 1 aliphatic rings. The zero-order valence-electron chi connectivity index (χ0n) is 11.2. The Balaban J connectivity index is 1.72. The molecule has 0 saturated carbocycles. The van der Waals surface area contributed by atoms with Crippen molar-refractivity contribution in [3.05, 3.63) is 20.8 Å². The standard InChI is InChI=1S/C13H21BrN2O2S/c1-13(17,10-16-3-5-18-6-4-16)9-15-8-12-11(14)2-7-19-12/h2,7,15,17H,3-6,8-10H2,1H3/t13-/m0/s1. The highest BCUT2D eigenvalue weighted by Crippen LogP contribution is 2.22. The SMILES string of the molecule is C[C@](O)(CNCc1sccc1Br)CN1CCOCC1. The maximum Gasteiger partial charge on any atom is 0.0869 e. The third-order valence-corrected chi connectivity index (χ3v) is 5.08. The normalized spacial score (nSPS) is 20.4. The molecule has 1 atom stereocenters. The number of β-amino-alcohol motifs (C(OH)–C–C–N with tert-alkyl or cyclic N) is 1. The van der Waals surface area contributed by atoms with E-state index in [4.69, 9.17) is 4.74 Å². The molecule has 1 saturated heterocycles. The lowest BCUT2D eigenvalue weighted by molar-refractivity contribution is -0.0219. The largest absolute Gasteiger partial charge is 0.388 e. The van der Waals surface area contributed by atoms with Gasteiger partial charge in [-0.15, -0.1) is 11.3 Å². The molecule has 0 aromatic carbocycles. The summed E-state index contributed by atoms with van der Waals surface area (Å²) in [6, 6.07) is 2.05. The molecule has 0 aliphatic carbocycles. The number of nitrogens with one attached hydrogen (secondary N) is 1. The van der Waals surface area contributed by atoms with E-state index < -0.39 is 5.60 Å². The number of aliphatic hydroxyl groups is 1. The zero-order chi connectivity index (χ0) is 13.7. The summed E-state index contributed by atoms with van der Waals surface area (Å²) in [6.07, 6.45) is 0. The fraction of sp³-hybridized carbons (Fsp3) is 0.692. The Morgan fingerprint density at radius 1 is 1.53 bits per heavy atom. The smallest absolute Gasteiger partial charge is 0.0869 e. The second-order valence-corrected chi connectivity index (χ2v) is 7.04. The lowest BCUT2D eigenvalue weighted by atomic mass is 10.1. The molecule has 1 fully saturated rings. The minimum absolute atomic E-state index is 0.592. The highest BCUT2D eigenvalue weighted by molar-refractivity contribution is 9.10. The number of halogens is 1. The quantitative estimate of drug-likeness (QED) is 0.820. The van der Waals surface area contributed by atoms with Crippen molar-refractivity contribution < 1.29 is 9.84 Å². The van der Waals surface area contributed by atoms with Crippen molar-refractivity contribution in [2.45, 2.75) is 19.1 Å². The van der Waals surface area contributed by atoms with E-state index in [0.717, 1.165) is 37.3 Å². The van der Waals surface area contributed by atoms with E-state index >= 15 is 0 Å². The molecule has 6 heteroatoms. The van der Waals surface area contributed by atoms with Crippen LogP contribution in [0.1, 0.15) is 11.8 Å². The third kappa shape index (κ3) is 5.13. The molecule has 0 unspecified atom stereocenters. The van der Waals surface area contributed by atoms with Gasteiger partial charge in [0.15, 0.2) is 0 Å². The predicted molar refractivity (Wildman–Crippen MR) is 81.6 cm³/mol. The molecule has 4 nitrogen and oxygen atoms in total. The van der Waals surface area contributed by atoms with Gasteiger partial charge < -0.3 is 15.2 Å². The summed E-state index contributed by atoms with van der Waals surface area (Å²) in [4.78, 5) is 3.52. The van der Waals surface area contributed by atoms with Gasteiger partial charge in [-0.25, -0.2) is 0 Å². The summed E-state index contributed by atoms with van der Waals surface area (Å²) in [6.45, 7) is 7.32. The van der Waals surface area contributed by atoms with Gasteiger partial charge in [-0.3, -0.25) is 4.90 Å². The molecule has 1 aromatic heterocycles. The van der Waals surface area contributed by atoms with E-state index in [1.807, 2.05) is 13.0 Å². The molecular weight excluding hydrogens is 328 g/mol. The van der Waals surface area contributed by atoms with Crippen LogP contribution in [0.25, 0.3) is 0 Å². The Morgan fingerprint density at radius 3 is 2.89 bits per heavy atom. The van der Waals surface area contributed by atoms with Gasteiger partial charge in [-0.05, 0) is 34.3 Å². The van der Waals surface area contributed by atoms with E-state index in [-0.39, 0.29) is 0 Å². The van der Waals surface area contributed by atoms with Crippen LogP contribution >= 0.6 is 27.3 Å². The molecule has 0 spiro atoms. The average Bonchev–Trinajstić information content (AvgIpc) is 2.76. The second-order valence-electron chi connectivity index (χ2n) is 5.18. The number of nitrogens with zero attached hydrogens (tertiary/aromatic N) is 1. The average molecular weight is 349 g/mol. The Bertz CT molecular complexity index is 392. The third-order valence-electron chi connectivity index (χ3n) is 3.15. The van der Waals surface area contributed by atoms with Gasteiger partial charge in [-0.1, -0.05) is 0 Å². The van der Waals surface area contributed by atoms with Gasteiger partial charge >= 0.3 is 0 Å². The van der Waals surface area contributed by atoms with E-state index in [9.17, 15) is 5.11 Å². The van der Waals surface area contributed by atoms with Crippen LogP contribution in [0.3, 0.4) is 0 Å². The molecule has 0 radical (unpaired) electrons. The van der Waals surface area contributed by atoms with Crippen LogP contribution in [0.2, 0.25) is 0 Å². The minimum Gasteiger partial charge on any atom is -0.388 e. The minimum atomic E-state index is -0.707. The lowest BCUT2D eigenvalue weighted by Gasteiger charge is -2.34. The summed E-state index contributed by atoms with van der Waals surface area (Å²) >= 11 is 5.23. The number of thiophene rings is 1. The van der Waals surface area contributed by atoms with Gasteiger partial charge in [-0.2, -0.15) is 0 Å². The number of rotatable bonds is 6. The van der Waals surface area contributed by atoms with Crippen LogP contribution in [0.4, 0.5) is 0 Å². The fourth-order valence-corrected chi connectivity index (χ4v) is 3.66. The Morgan fingerprint density at radius 2 is 2.26 bits per heavy atom. The Hall–Kier alpha value is 0.0200. The van der Waals surface area contributed by atoms with Crippen LogP contribution in [0, 0.1) is 0 Å². The molecule has 108 valence electrons. The summed E-state index contributed by atoms with van der Waals surface area (Å²) in [5.41, 5.74) is -0.707. The summed E-state index contributed by atoms with van der Waals surface area (Å²) in [5.74, 6) is 0. The predicted octanol–water partition coefficient (Wildman–Crippen LogP) is 1.68. The zero-order valence-corrected chi connectivity index (χ0v) is 13.6. The highest BCUT2D eigenvalue weighted by Gasteiger charge is 2.24. The van der Waals surface area contributed by atoms with E-state index in [2.05, 4.69) is 31.5 Å². The van der Waals surface area contributed by atoms with Crippen molar-refractivity contribution in [2.75, 3.05) is 39.4 Å². The molecule has 2 N–H and O–H groups in total. The van der Waals surface area contributed by atoms with Crippen LogP contribution in [-0.4, -0.2) is 55.0 Å². The van der Waals surface area contributed by atoms with Crippen LogP contribution in [0.5, 0.6) is 0 Å². The first-order valence-corrected chi connectivity index (χ1v) is 8.19. The van der Waals surface area contributed by atoms with Crippen molar-refractivity contribution in [3.63, 3.8) is 0 Å². The van der Waals surface area contributed by atoms with Crippen LogP contribution < -0.4 is 5.32 Å². The van der Waals surface area contributed by atoms with Gasteiger partial charge in [0.1, 0.15) is 0 Å². The Labute approximate surface area is 126 Å². The maximum atomic E-state index is 10.4. The number of hydrogen-bond donors (Lipinski definition) is 2. The molecule has 19 heavy (non-hydrogen) atoms. The van der Waals surface area contributed by atoms with Crippen molar-refractivity contribution in [1.82, 2.24) is 10.2 Å². The number of ether oxygens (including phenoxy) is 1. The van der Waals surface area contributed by atoms with E-state index in [0.29, 0.717) is 13.1 Å². The second kappa shape index (κ2) is 7.15. The van der Waals surface area contributed by atoms with Crippen molar-refractivity contribution >= 4 is 27.3 Å². The fourth-order valence-electron chi connectivity index (χ4n) is 2.19. The monoisotopic (exact) mass is 348 g/mol. The van der Waals surface area contributed by atoms with E-state index in [1.165, 1.54) is 4.88 Å². The maximum absolute atomic E-state index is 10.4. The van der Waals surface area contributed by atoms with Crippen molar-refractivity contribution in [2.24, 2.45) is 0 Å². The topological polar surface area (TPSA) is 44.7 Å². The number of hydrogen-bond acceptors (Lipinski definition) is 5. The molecule has 1 aliphatic heterocycles. The summed E-state index contributed by atoms with van der Waals surface area (Å²) in [5, 5.41) is 15.8. The molecule has 0 bridgehead atoms. The van der Waals surface area contributed by atoms with Crippen LogP contribution in [0.15, 0.2) is 15.9 Å². The number of morpholine rings is 1. The summed E-state index contributed by atoms with van der Waals surface area (Å²) < 4.78 is 6.45. The van der Waals surface area contributed by atoms with Gasteiger partial charge in [0.25, 0.3) is 0 Å². The first-order valence-electron chi connectivity index (χ1n) is 6.52. The van der Waals surface area contributed by atoms with E-state index in [1.54, 1.807) is 11.3 Å². The molecule has 0 amide bonds. The highest BCUT2D eigenvalue weighted by atomic mass is 79.9. The summed E-state index contributed by atoms with van der Waals surface area (Å²) in [7, 11) is 0. The van der Waals surface area contributed by atoms with Gasteiger partial charge in [0.2, 0.25) is 0 Å². The Kier molecular flexibility index (Phi) is 5.80. The molecule has 2 heterocycles. The molecular formula is C13H21BrN2O2S. The van der Waals surface area contributed by atoms with Crippen molar-refractivity contribution in [3.8, 4) is 0 Å². The lowest BCUT2D eigenvalue weighted by Crippen LogP contribution is -2.50. The molecule has 1 aromatic rings. The van der Waals surface area contributed by atoms with Gasteiger partial charge in [0.05, 0.1) is 18.8 Å². The first kappa shape index (κ1) is 15.4. The van der Waals surface area contributed by atoms with Crippen molar-refractivity contribution in [1.29, 1.82) is 0 Å². The van der Waals surface area contributed by atoms with Crippen LogP contribution in [-0.2, 0) is 11.3 Å².